The second-order valence-corrected chi connectivity index (χ2v) is 5.51. The molecule has 0 saturated heterocycles. The molecule has 0 spiro atoms. The maximum Gasteiger partial charge on any atom is 0.341 e. The van der Waals surface area contributed by atoms with E-state index in [9.17, 15) is 22.0 Å². The van der Waals surface area contributed by atoms with Gasteiger partial charge in [0.15, 0.2) is 15.7 Å². The molecule has 4 nitrogen and oxygen atoms in total. The molecule has 18 heavy (non-hydrogen) atoms. The second-order valence-electron chi connectivity index (χ2n) is 3.44. The molecule has 0 atom stereocenters. The Kier molecular flexibility index (Phi) is 4.18. The molecule has 0 aliphatic carbocycles. The summed E-state index contributed by atoms with van der Waals surface area (Å²) in [5.74, 6) is -5.17. The summed E-state index contributed by atoms with van der Waals surface area (Å²) in [4.78, 5) is 9.83. The van der Waals surface area contributed by atoms with Gasteiger partial charge in [-0.2, -0.15) is 0 Å². The molecule has 0 aliphatic heterocycles. The first-order valence-corrected chi connectivity index (χ1v) is 6.51. The Balaban J connectivity index is 3.40. The maximum atomic E-state index is 13.7. The highest BCUT2D eigenvalue weighted by atomic mass is 32.2. The summed E-state index contributed by atoms with van der Waals surface area (Å²) >= 11 is 0. The number of carbonyl (C=O) groups is 1. The van der Waals surface area contributed by atoms with E-state index in [1.165, 1.54) is 6.08 Å². The molecule has 0 aromatic heterocycles. The van der Waals surface area contributed by atoms with Crippen LogP contribution in [0.25, 0.3) is 0 Å². The third kappa shape index (κ3) is 2.73. The van der Waals surface area contributed by atoms with Crippen LogP contribution in [0.15, 0.2) is 29.7 Å². The van der Waals surface area contributed by atoms with Crippen molar-refractivity contribution >= 4 is 15.8 Å². The van der Waals surface area contributed by atoms with Crippen LogP contribution < -0.4 is 0 Å². The Morgan fingerprint density at radius 3 is 2.50 bits per heavy atom. The van der Waals surface area contributed by atoms with E-state index >= 15 is 0 Å². The van der Waals surface area contributed by atoms with Crippen LogP contribution >= 0.6 is 0 Å². The van der Waals surface area contributed by atoms with Gasteiger partial charge in [-0.3, -0.25) is 0 Å². The Morgan fingerprint density at radius 2 is 2.00 bits per heavy atom. The van der Waals surface area contributed by atoms with Crippen molar-refractivity contribution in [1.82, 2.24) is 0 Å². The number of halogens is 2. The van der Waals surface area contributed by atoms with Crippen molar-refractivity contribution in [3.63, 3.8) is 0 Å². The van der Waals surface area contributed by atoms with Gasteiger partial charge >= 0.3 is 5.97 Å². The molecule has 0 heterocycles. The van der Waals surface area contributed by atoms with Crippen molar-refractivity contribution in [2.75, 3.05) is 5.75 Å². The molecular weight excluding hydrogens is 266 g/mol. The van der Waals surface area contributed by atoms with Crippen molar-refractivity contribution in [2.24, 2.45) is 0 Å². The summed E-state index contributed by atoms with van der Waals surface area (Å²) in [6.07, 6.45) is 1.42. The first-order chi connectivity index (χ1) is 8.31. The maximum absolute atomic E-state index is 13.7. The zero-order chi connectivity index (χ0) is 13.9. The smallest absolute Gasteiger partial charge is 0.341 e. The topological polar surface area (TPSA) is 71.4 Å². The van der Waals surface area contributed by atoms with Crippen LogP contribution in [0.2, 0.25) is 0 Å². The summed E-state index contributed by atoms with van der Waals surface area (Å²) in [5, 5.41) is 8.62. The Labute approximate surface area is 102 Å². The van der Waals surface area contributed by atoms with E-state index in [0.717, 1.165) is 6.07 Å². The van der Waals surface area contributed by atoms with Gasteiger partial charge in [0.2, 0.25) is 0 Å². The molecule has 7 heteroatoms. The molecule has 1 aromatic carbocycles. The predicted octanol–water partition coefficient (Wildman–Crippen LogP) is 2.01. The standard InChI is InChI=1S/C11H10F2O4S/c1-2-3-6-18(16,17)8-5-4-7(12)9(10(8)13)11(14)15/h2,4-5H,1,3,6H2,(H,14,15). The molecule has 0 radical (unpaired) electrons. The first kappa shape index (κ1) is 14.3. The average Bonchev–Trinajstić information content (AvgIpc) is 2.25. The highest BCUT2D eigenvalue weighted by Crippen LogP contribution is 2.22. The summed E-state index contributed by atoms with van der Waals surface area (Å²) in [6.45, 7) is 3.33. The normalized spacial score (nSPS) is 11.2. The van der Waals surface area contributed by atoms with Crippen LogP contribution in [-0.4, -0.2) is 25.2 Å². The monoisotopic (exact) mass is 276 g/mol. The molecule has 1 aromatic rings. The quantitative estimate of drug-likeness (QED) is 0.659. The number of allylic oxidation sites excluding steroid dienone is 1. The fraction of sp³-hybridized carbons (Fsp3) is 0.182. The Hall–Kier alpha value is -1.76. The minimum Gasteiger partial charge on any atom is -0.477 e. The highest BCUT2D eigenvalue weighted by molar-refractivity contribution is 7.91. The van der Waals surface area contributed by atoms with Crippen molar-refractivity contribution < 1.29 is 27.1 Å². The van der Waals surface area contributed by atoms with Gasteiger partial charge in [0, 0.05) is 0 Å². The number of hydrogen-bond donors (Lipinski definition) is 1. The lowest BCUT2D eigenvalue weighted by molar-refractivity contribution is 0.0685. The second kappa shape index (κ2) is 5.26. The third-order valence-electron chi connectivity index (χ3n) is 2.20. The number of carboxylic acid groups (broad SMARTS) is 1. The number of benzene rings is 1. The van der Waals surface area contributed by atoms with Gasteiger partial charge in [-0.05, 0) is 18.6 Å². The molecular formula is C11H10F2O4S. The number of carboxylic acids is 1. The van der Waals surface area contributed by atoms with Gasteiger partial charge in [0.25, 0.3) is 0 Å². The SMILES string of the molecule is C=CCCS(=O)(=O)c1ccc(F)c(C(=O)O)c1F. The van der Waals surface area contributed by atoms with E-state index in [1.54, 1.807) is 0 Å². The number of rotatable bonds is 5. The van der Waals surface area contributed by atoms with Gasteiger partial charge in [-0.25, -0.2) is 22.0 Å². The molecule has 1 N–H and O–H groups in total. The summed E-state index contributed by atoms with van der Waals surface area (Å²) < 4.78 is 50.2. The number of hydrogen-bond acceptors (Lipinski definition) is 3. The van der Waals surface area contributed by atoms with Crippen molar-refractivity contribution in [2.45, 2.75) is 11.3 Å². The molecule has 0 unspecified atom stereocenters. The summed E-state index contributed by atoms with van der Waals surface area (Å²) in [5.41, 5.74) is -1.27. The predicted molar refractivity (Wildman–Crippen MR) is 60.2 cm³/mol. The van der Waals surface area contributed by atoms with Crippen molar-refractivity contribution in [3.05, 3.63) is 42.0 Å². The lowest BCUT2D eigenvalue weighted by Gasteiger charge is -2.07. The molecule has 0 fully saturated rings. The van der Waals surface area contributed by atoms with E-state index in [1.807, 2.05) is 0 Å². The number of sulfone groups is 1. The molecule has 98 valence electrons. The van der Waals surface area contributed by atoms with Gasteiger partial charge in [0.1, 0.15) is 16.3 Å². The lowest BCUT2D eigenvalue weighted by atomic mass is 10.2. The zero-order valence-electron chi connectivity index (χ0n) is 9.19. The van der Waals surface area contributed by atoms with E-state index in [2.05, 4.69) is 6.58 Å². The lowest BCUT2D eigenvalue weighted by Crippen LogP contribution is -2.13. The summed E-state index contributed by atoms with van der Waals surface area (Å²) in [6, 6.07) is 1.34. The molecule has 1 rings (SSSR count). The van der Waals surface area contributed by atoms with Crippen LogP contribution in [0.4, 0.5) is 8.78 Å². The average molecular weight is 276 g/mol. The minimum absolute atomic E-state index is 0.0849. The highest BCUT2D eigenvalue weighted by Gasteiger charge is 2.26. The zero-order valence-corrected chi connectivity index (χ0v) is 10.0. The van der Waals surface area contributed by atoms with Crippen LogP contribution in [0, 0.1) is 11.6 Å². The van der Waals surface area contributed by atoms with Crippen molar-refractivity contribution in [1.29, 1.82) is 0 Å². The fourth-order valence-corrected chi connectivity index (χ4v) is 2.67. The van der Waals surface area contributed by atoms with E-state index < -0.39 is 43.7 Å². The van der Waals surface area contributed by atoms with Crippen LogP contribution in [-0.2, 0) is 9.84 Å². The van der Waals surface area contributed by atoms with Crippen molar-refractivity contribution in [3.8, 4) is 0 Å². The van der Waals surface area contributed by atoms with Crippen LogP contribution in [0.1, 0.15) is 16.8 Å². The van der Waals surface area contributed by atoms with E-state index in [-0.39, 0.29) is 6.42 Å². The first-order valence-electron chi connectivity index (χ1n) is 4.86. The largest absolute Gasteiger partial charge is 0.477 e. The Bertz CT molecular complexity index is 593. The van der Waals surface area contributed by atoms with E-state index in [4.69, 9.17) is 5.11 Å². The van der Waals surface area contributed by atoms with Crippen LogP contribution in [0.5, 0.6) is 0 Å². The third-order valence-corrected chi connectivity index (χ3v) is 3.95. The molecule has 0 aliphatic rings. The van der Waals surface area contributed by atoms with Gasteiger partial charge in [-0.1, -0.05) is 6.08 Å². The fourth-order valence-electron chi connectivity index (χ4n) is 1.32. The summed E-state index contributed by atoms with van der Waals surface area (Å²) in [7, 11) is -4.00. The Morgan fingerprint density at radius 1 is 1.39 bits per heavy atom. The van der Waals surface area contributed by atoms with Crippen LogP contribution in [0.3, 0.4) is 0 Å². The molecule has 0 bridgehead atoms. The molecule has 0 amide bonds. The minimum atomic E-state index is -4.00. The van der Waals surface area contributed by atoms with Gasteiger partial charge in [-0.15, -0.1) is 6.58 Å². The van der Waals surface area contributed by atoms with Gasteiger partial charge < -0.3 is 5.11 Å². The van der Waals surface area contributed by atoms with Gasteiger partial charge in [0.05, 0.1) is 5.75 Å². The number of aromatic carboxylic acids is 1. The van der Waals surface area contributed by atoms with E-state index in [0.29, 0.717) is 6.07 Å². The molecule has 0 saturated carbocycles.